The van der Waals surface area contributed by atoms with Gasteiger partial charge in [-0.15, -0.1) is 0 Å². The van der Waals surface area contributed by atoms with Crippen LogP contribution in [0.15, 0.2) is 79.3 Å². The summed E-state index contributed by atoms with van der Waals surface area (Å²) in [7, 11) is 0. The number of fused-ring (bicyclic) bond motifs is 2. The van der Waals surface area contributed by atoms with E-state index in [4.69, 9.17) is 5.10 Å². The van der Waals surface area contributed by atoms with Crippen molar-refractivity contribution in [2.75, 3.05) is 0 Å². The standard InChI is InChI=1S/C25H21N5O/c1-17-8-2-5-11-23(17)30-24(28-12-6-7-13-28)20-15-29(16-22(20)27-30)25(31)19-14-26-21-10-4-3-9-18(19)21/h2-14,26H,15-16H2,1H3. The molecule has 152 valence electrons. The van der Waals surface area contributed by atoms with Crippen molar-refractivity contribution in [1.29, 1.82) is 0 Å². The Bertz CT molecular complexity index is 1420. The van der Waals surface area contributed by atoms with Crippen molar-refractivity contribution in [2.45, 2.75) is 20.0 Å². The lowest BCUT2D eigenvalue weighted by molar-refractivity contribution is 0.0751. The number of amides is 1. The van der Waals surface area contributed by atoms with Crippen LogP contribution in [0.3, 0.4) is 0 Å². The molecule has 0 aliphatic carbocycles. The van der Waals surface area contributed by atoms with Crippen molar-refractivity contribution in [3.05, 3.63) is 102 Å². The third kappa shape index (κ3) is 2.72. The lowest BCUT2D eigenvalue weighted by Gasteiger charge is -2.18. The van der Waals surface area contributed by atoms with E-state index in [0.717, 1.165) is 39.2 Å². The molecular formula is C25H21N5O. The van der Waals surface area contributed by atoms with Gasteiger partial charge >= 0.3 is 0 Å². The van der Waals surface area contributed by atoms with Crippen molar-refractivity contribution >= 4 is 16.8 Å². The minimum Gasteiger partial charge on any atom is -0.360 e. The Labute approximate surface area is 179 Å². The van der Waals surface area contributed by atoms with E-state index in [1.165, 1.54) is 0 Å². The Morgan fingerprint density at radius 1 is 0.968 bits per heavy atom. The third-order valence-electron chi connectivity index (χ3n) is 6.03. The van der Waals surface area contributed by atoms with Crippen LogP contribution >= 0.6 is 0 Å². The van der Waals surface area contributed by atoms with E-state index in [-0.39, 0.29) is 5.91 Å². The molecule has 4 heterocycles. The fraction of sp³-hybridized carbons (Fsp3) is 0.120. The maximum absolute atomic E-state index is 13.4. The van der Waals surface area contributed by atoms with Crippen LogP contribution in [0.2, 0.25) is 0 Å². The predicted octanol–water partition coefficient (Wildman–Crippen LogP) is 4.61. The Kier molecular flexibility index (Phi) is 3.86. The van der Waals surface area contributed by atoms with Gasteiger partial charge in [-0.2, -0.15) is 5.10 Å². The van der Waals surface area contributed by atoms with E-state index in [9.17, 15) is 4.79 Å². The van der Waals surface area contributed by atoms with Crippen LogP contribution in [0.1, 0.15) is 27.2 Å². The Morgan fingerprint density at radius 3 is 2.58 bits per heavy atom. The number of hydrogen-bond acceptors (Lipinski definition) is 2. The maximum Gasteiger partial charge on any atom is 0.256 e. The molecule has 0 bridgehead atoms. The van der Waals surface area contributed by atoms with Crippen LogP contribution in [0, 0.1) is 6.92 Å². The zero-order chi connectivity index (χ0) is 20.9. The van der Waals surface area contributed by atoms with Crippen LogP contribution in [-0.4, -0.2) is 30.1 Å². The van der Waals surface area contributed by atoms with Gasteiger partial charge in [0, 0.05) is 35.1 Å². The summed E-state index contributed by atoms with van der Waals surface area (Å²) in [5, 5.41) is 5.90. The molecule has 0 spiro atoms. The van der Waals surface area contributed by atoms with Gasteiger partial charge in [-0.1, -0.05) is 36.4 Å². The van der Waals surface area contributed by atoms with Crippen LogP contribution in [0.4, 0.5) is 0 Å². The van der Waals surface area contributed by atoms with E-state index >= 15 is 0 Å². The molecule has 31 heavy (non-hydrogen) atoms. The minimum atomic E-state index is 0.0244. The van der Waals surface area contributed by atoms with Gasteiger partial charge < -0.3 is 14.5 Å². The maximum atomic E-state index is 13.4. The van der Waals surface area contributed by atoms with Crippen molar-refractivity contribution in [2.24, 2.45) is 0 Å². The summed E-state index contributed by atoms with van der Waals surface area (Å²) in [5.74, 6) is 1.01. The summed E-state index contributed by atoms with van der Waals surface area (Å²) in [6, 6.07) is 20.2. The predicted molar refractivity (Wildman–Crippen MR) is 120 cm³/mol. The first-order chi connectivity index (χ1) is 15.2. The van der Waals surface area contributed by atoms with Gasteiger partial charge in [0.05, 0.1) is 30.0 Å². The number of rotatable bonds is 3. The third-order valence-corrected chi connectivity index (χ3v) is 6.03. The molecule has 0 fully saturated rings. The minimum absolute atomic E-state index is 0.0244. The first kappa shape index (κ1) is 17.8. The average Bonchev–Trinajstić information content (AvgIpc) is 3.56. The molecule has 1 aliphatic heterocycles. The number of benzene rings is 2. The molecule has 2 aromatic carbocycles. The van der Waals surface area contributed by atoms with Crippen molar-refractivity contribution in [1.82, 2.24) is 24.2 Å². The molecule has 0 atom stereocenters. The summed E-state index contributed by atoms with van der Waals surface area (Å²) in [6.45, 7) is 3.13. The van der Waals surface area contributed by atoms with Crippen LogP contribution in [0.5, 0.6) is 0 Å². The number of para-hydroxylation sites is 2. The van der Waals surface area contributed by atoms with E-state index in [0.29, 0.717) is 18.7 Å². The highest BCUT2D eigenvalue weighted by Crippen LogP contribution is 2.32. The summed E-state index contributed by atoms with van der Waals surface area (Å²) < 4.78 is 4.09. The Balaban J connectivity index is 1.42. The van der Waals surface area contributed by atoms with Gasteiger partial charge in [0.25, 0.3) is 5.91 Å². The lowest BCUT2D eigenvalue weighted by atomic mass is 10.1. The zero-order valence-electron chi connectivity index (χ0n) is 17.1. The number of nitrogens with one attached hydrogen (secondary N) is 1. The number of carbonyl (C=O) groups is 1. The Morgan fingerprint density at radius 2 is 1.74 bits per heavy atom. The number of aromatic amines is 1. The van der Waals surface area contributed by atoms with Crippen LogP contribution in [-0.2, 0) is 13.1 Å². The largest absolute Gasteiger partial charge is 0.360 e. The number of H-pyrrole nitrogens is 1. The fourth-order valence-corrected chi connectivity index (χ4v) is 4.47. The van der Waals surface area contributed by atoms with Gasteiger partial charge in [-0.05, 0) is 36.8 Å². The molecule has 1 amide bonds. The summed E-state index contributed by atoms with van der Waals surface area (Å²) in [6.07, 6.45) is 5.86. The average molecular weight is 407 g/mol. The van der Waals surface area contributed by atoms with Crippen molar-refractivity contribution < 1.29 is 4.79 Å². The van der Waals surface area contributed by atoms with Gasteiger partial charge in [0.1, 0.15) is 5.82 Å². The van der Waals surface area contributed by atoms with E-state index in [1.807, 2.05) is 76.7 Å². The topological polar surface area (TPSA) is 58.9 Å². The normalized spacial score (nSPS) is 13.1. The summed E-state index contributed by atoms with van der Waals surface area (Å²) in [4.78, 5) is 18.4. The van der Waals surface area contributed by atoms with E-state index in [1.54, 1.807) is 0 Å². The van der Waals surface area contributed by atoms with Crippen molar-refractivity contribution in [3.63, 3.8) is 0 Å². The summed E-state index contributed by atoms with van der Waals surface area (Å²) in [5.41, 5.74) is 5.92. The first-order valence-corrected chi connectivity index (χ1v) is 10.4. The summed E-state index contributed by atoms with van der Waals surface area (Å²) >= 11 is 0. The quantitative estimate of drug-likeness (QED) is 0.475. The van der Waals surface area contributed by atoms with E-state index < -0.39 is 0 Å². The molecule has 1 N–H and O–H groups in total. The van der Waals surface area contributed by atoms with Crippen molar-refractivity contribution in [3.8, 4) is 11.5 Å². The van der Waals surface area contributed by atoms with Crippen LogP contribution in [0.25, 0.3) is 22.4 Å². The molecule has 0 saturated heterocycles. The lowest BCUT2D eigenvalue weighted by Crippen LogP contribution is -2.26. The molecule has 6 rings (SSSR count). The smallest absolute Gasteiger partial charge is 0.256 e. The number of aromatic nitrogens is 4. The molecule has 0 saturated carbocycles. The molecule has 5 aromatic rings. The van der Waals surface area contributed by atoms with E-state index in [2.05, 4.69) is 28.6 Å². The second-order valence-electron chi connectivity index (χ2n) is 7.95. The fourth-order valence-electron chi connectivity index (χ4n) is 4.47. The molecule has 0 radical (unpaired) electrons. The molecule has 3 aromatic heterocycles. The molecular weight excluding hydrogens is 386 g/mol. The highest BCUT2D eigenvalue weighted by Gasteiger charge is 2.32. The second kappa shape index (κ2) is 6.74. The second-order valence-corrected chi connectivity index (χ2v) is 7.95. The number of carbonyl (C=O) groups excluding carboxylic acids is 1. The molecule has 6 heteroatoms. The number of hydrogen-bond donors (Lipinski definition) is 1. The monoisotopic (exact) mass is 407 g/mol. The molecule has 0 unspecified atom stereocenters. The first-order valence-electron chi connectivity index (χ1n) is 10.4. The van der Waals surface area contributed by atoms with Crippen LogP contribution < -0.4 is 0 Å². The Hall–Kier alpha value is -4.06. The SMILES string of the molecule is Cc1ccccc1-n1nc2c(c1-n1cccc1)CN(C(=O)c1c[nH]c3ccccc13)C2. The van der Waals surface area contributed by atoms with Gasteiger partial charge in [-0.3, -0.25) is 4.79 Å². The molecule has 6 nitrogen and oxygen atoms in total. The molecule has 1 aliphatic rings. The number of nitrogens with zero attached hydrogens (tertiary/aromatic N) is 4. The highest BCUT2D eigenvalue weighted by atomic mass is 16.2. The van der Waals surface area contributed by atoms with Gasteiger partial charge in [0.2, 0.25) is 0 Å². The van der Waals surface area contributed by atoms with Gasteiger partial charge in [-0.25, -0.2) is 4.68 Å². The number of aryl methyl sites for hydroxylation is 1. The highest BCUT2D eigenvalue weighted by molar-refractivity contribution is 6.06. The zero-order valence-corrected chi connectivity index (χ0v) is 17.1. The van der Waals surface area contributed by atoms with Gasteiger partial charge in [0.15, 0.2) is 0 Å².